The third kappa shape index (κ3) is 3.39. The normalized spacial score (nSPS) is 16.6. The average Bonchev–Trinajstić information content (AvgIpc) is 3.27. The number of carbonyl (C=O) groups is 3. The molecule has 0 aromatic heterocycles. The van der Waals surface area contributed by atoms with Crippen LogP contribution >= 0.6 is 0 Å². The van der Waals surface area contributed by atoms with Crippen LogP contribution in [-0.2, 0) is 20.9 Å². The molecule has 1 aliphatic rings. The molecule has 0 bridgehead atoms. The van der Waals surface area contributed by atoms with Crippen molar-refractivity contribution in [3.63, 3.8) is 0 Å². The van der Waals surface area contributed by atoms with E-state index in [0.29, 0.717) is 19.4 Å². The summed E-state index contributed by atoms with van der Waals surface area (Å²) in [5.74, 6) is -2.05. The zero-order chi connectivity index (χ0) is 15.5. The van der Waals surface area contributed by atoms with Crippen LogP contribution in [-0.4, -0.2) is 28.9 Å². The maximum atomic E-state index is 11.9. The summed E-state index contributed by atoms with van der Waals surface area (Å²) >= 11 is 0. The Kier molecular flexibility index (Phi) is 4.26. The van der Waals surface area contributed by atoms with Gasteiger partial charge >= 0.3 is 5.97 Å². The highest BCUT2D eigenvalue weighted by Gasteiger charge is 2.57. The fraction of sp³-hybridized carbons (Fsp3) is 0.400. The number of carbonyl (C=O) groups excluding carboxylic acids is 2. The monoisotopic (exact) mass is 290 g/mol. The molecule has 0 spiro atoms. The second-order valence-electron chi connectivity index (χ2n) is 5.29. The fourth-order valence-corrected chi connectivity index (χ4v) is 2.00. The zero-order valence-corrected chi connectivity index (χ0v) is 11.8. The van der Waals surface area contributed by atoms with Crippen molar-refractivity contribution in [1.82, 2.24) is 10.6 Å². The van der Waals surface area contributed by atoms with Crippen LogP contribution in [0.4, 0.5) is 0 Å². The van der Waals surface area contributed by atoms with Crippen LogP contribution in [0.2, 0.25) is 0 Å². The summed E-state index contributed by atoms with van der Waals surface area (Å²) < 4.78 is 0. The zero-order valence-electron chi connectivity index (χ0n) is 11.8. The molecule has 1 saturated carbocycles. The largest absolute Gasteiger partial charge is 0.480 e. The predicted molar refractivity (Wildman–Crippen MR) is 75.2 cm³/mol. The van der Waals surface area contributed by atoms with Gasteiger partial charge in [0, 0.05) is 6.54 Å². The SMILES string of the molecule is CC(NC(=O)C1(C(=O)O)CC1)C(=O)NCc1ccccc1. The highest BCUT2D eigenvalue weighted by Crippen LogP contribution is 2.46. The van der Waals surface area contributed by atoms with Crippen molar-refractivity contribution >= 4 is 17.8 Å². The van der Waals surface area contributed by atoms with Gasteiger partial charge in [-0.1, -0.05) is 30.3 Å². The van der Waals surface area contributed by atoms with Crippen LogP contribution < -0.4 is 10.6 Å². The van der Waals surface area contributed by atoms with Gasteiger partial charge in [0.15, 0.2) is 0 Å². The van der Waals surface area contributed by atoms with Crippen molar-refractivity contribution in [3.8, 4) is 0 Å². The molecule has 3 N–H and O–H groups in total. The highest BCUT2D eigenvalue weighted by atomic mass is 16.4. The Hall–Kier alpha value is -2.37. The lowest BCUT2D eigenvalue weighted by molar-refractivity contribution is -0.149. The van der Waals surface area contributed by atoms with Gasteiger partial charge in [-0.15, -0.1) is 0 Å². The van der Waals surface area contributed by atoms with Crippen LogP contribution in [0.3, 0.4) is 0 Å². The number of benzene rings is 1. The van der Waals surface area contributed by atoms with Gasteiger partial charge in [-0.2, -0.15) is 0 Å². The Balaban J connectivity index is 1.83. The molecular formula is C15H18N2O4. The van der Waals surface area contributed by atoms with E-state index in [-0.39, 0.29) is 5.91 Å². The van der Waals surface area contributed by atoms with E-state index in [9.17, 15) is 14.4 Å². The summed E-state index contributed by atoms with van der Waals surface area (Å²) in [5.41, 5.74) is -0.373. The molecule has 6 nitrogen and oxygen atoms in total. The van der Waals surface area contributed by atoms with E-state index in [4.69, 9.17) is 5.11 Å². The van der Waals surface area contributed by atoms with Crippen LogP contribution in [0.1, 0.15) is 25.3 Å². The summed E-state index contributed by atoms with van der Waals surface area (Å²) in [5, 5.41) is 14.2. The summed E-state index contributed by atoms with van der Waals surface area (Å²) in [4.78, 5) is 34.8. The summed E-state index contributed by atoms with van der Waals surface area (Å²) in [7, 11) is 0. The van der Waals surface area contributed by atoms with Gasteiger partial charge in [0.2, 0.25) is 11.8 Å². The molecule has 6 heteroatoms. The second kappa shape index (κ2) is 5.95. The van der Waals surface area contributed by atoms with Gasteiger partial charge in [0.1, 0.15) is 11.5 Å². The van der Waals surface area contributed by atoms with Gasteiger partial charge in [-0.05, 0) is 25.3 Å². The first-order valence-electron chi connectivity index (χ1n) is 6.82. The molecule has 0 heterocycles. The molecule has 1 fully saturated rings. The first kappa shape index (κ1) is 15.0. The molecule has 1 atom stereocenters. The third-order valence-electron chi connectivity index (χ3n) is 3.64. The minimum absolute atomic E-state index is 0.326. The molecule has 0 saturated heterocycles. The van der Waals surface area contributed by atoms with Gasteiger partial charge in [-0.3, -0.25) is 14.4 Å². The lowest BCUT2D eigenvalue weighted by Gasteiger charge is -2.17. The van der Waals surface area contributed by atoms with Gasteiger partial charge in [0.05, 0.1) is 0 Å². The van der Waals surface area contributed by atoms with E-state index in [2.05, 4.69) is 10.6 Å². The molecule has 112 valence electrons. The lowest BCUT2D eigenvalue weighted by Crippen LogP contribution is -2.48. The Bertz CT molecular complexity index is 552. The number of nitrogens with one attached hydrogen (secondary N) is 2. The molecule has 0 aliphatic heterocycles. The number of aliphatic carboxylic acids is 1. The van der Waals surface area contributed by atoms with Crippen molar-refractivity contribution < 1.29 is 19.5 Å². The van der Waals surface area contributed by atoms with E-state index in [1.165, 1.54) is 6.92 Å². The summed E-state index contributed by atoms with van der Waals surface area (Å²) in [6.07, 6.45) is 0.652. The molecule has 1 aromatic rings. The Morgan fingerprint density at radius 3 is 2.38 bits per heavy atom. The van der Waals surface area contributed by atoms with Gasteiger partial charge in [0.25, 0.3) is 0 Å². The van der Waals surface area contributed by atoms with E-state index in [1.807, 2.05) is 30.3 Å². The highest BCUT2D eigenvalue weighted by molar-refractivity contribution is 6.06. The molecule has 2 amide bonds. The minimum Gasteiger partial charge on any atom is -0.480 e. The fourth-order valence-electron chi connectivity index (χ4n) is 2.00. The number of amides is 2. The van der Waals surface area contributed by atoms with Crippen molar-refractivity contribution in [2.45, 2.75) is 32.4 Å². The lowest BCUT2D eigenvalue weighted by atomic mass is 10.1. The summed E-state index contributed by atoms with van der Waals surface area (Å²) in [6, 6.07) is 8.63. The van der Waals surface area contributed by atoms with Crippen LogP contribution in [0, 0.1) is 5.41 Å². The van der Waals surface area contributed by atoms with Crippen molar-refractivity contribution in [3.05, 3.63) is 35.9 Å². The van der Waals surface area contributed by atoms with E-state index in [0.717, 1.165) is 5.56 Å². The first-order valence-corrected chi connectivity index (χ1v) is 6.82. The number of hydrogen-bond acceptors (Lipinski definition) is 3. The molecule has 1 aliphatic carbocycles. The third-order valence-corrected chi connectivity index (χ3v) is 3.64. The number of carboxylic acids is 1. The molecule has 2 rings (SSSR count). The Morgan fingerprint density at radius 1 is 1.24 bits per heavy atom. The van der Waals surface area contributed by atoms with E-state index < -0.39 is 23.3 Å². The molecular weight excluding hydrogens is 272 g/mol. The maximum Gasteiger partial charge on any atom is 0.319 e. The Labute approximate surface area is 122 Å². The molecule has 1 aromatic carbocycles. The number of rotatable bonds is 6. The standard InChI is InChI=1S/C15H18N2O4/c1-10(17-13(19)15(7-8-15)14(20)21)12(18)16-9-11-5-3-2-4-6-11/h2-6,10H,7-9H2,1H3,(H,16,18)(H,17,19)(H,20,21). The van der Waals surface area contributed by atoms with Crippen LogP contribution in [0.15, 0.2) is 30.3 Å². The van der Waals surface area contributed by atoms with Crippen LogP contribution in [0.5, 0.6) is 0 Å². The molecule has 21 heavy (non-hydrogen) atoms. The summed E-state index contributed by atoms with van der Waals surface area (Å²) in [6.45, 7) is 1.90. The van der Waals surface area contributed by atoms with E-state index >= 15 is 0 Å². The van der Waals surface area contributed by atoms with Crippen molar-refractivity contribution in [2.75, 3.05) is 0 Å². The van der Waals surface area contributed by atoms with Crippen molar-refractivity contribution in [2.24, 2.45) is 5.41 Å². The van der Waals surface area contributed by atoms with Crippen LogP contribution in [0.25, 0.3) is 0 Å². The number of carboxylic acid groups (broad SMARTS) is 1. The predicted octanol–water partition coefficient (Wildman–Crippen LogP) is 0.672. The van der Waals surface area contributed by atoms with Gasteiger partial charge in [-0.25, -0.2) is 0 Å². The average molecular weight is 290 g/mol. The van der Waals surface area contributed by atoms with Crippen molar-refractivity contribution in [1.29, 1.82) is 0 Å². The van der Waals surface area contributed by atoms with Gasteiger partial charge < -0.3 is 15.7 Å². The number of hydrogen-bond donors (Lipinski definition) is 3. The van der Waals surface area contributed by atoms with E-state index in [1.54, 1.807) is 0 Å². The maximum absolute atomic E-state index is 11.9. The second-order valence-corrected chi connectivity index (χ2v) is 5.29. The molecule has 0 radical (unpaired) electrons. The first-order chi connectivity index (χ1) is 9.95. The minimum atomic E-state index is -1.33. The quantitative estimate of drug-likeness (QED) is 0.671. The topological polar surface area (TPSA) is 95.5 Å². The molecule has 1 unspecified atom stereocenters. The Morgan fingerprint density at radius 2 is 1.86 bits per heavy atom. The smallest absolute Gasteiger partial charge is 0.319 e.